The molecule has 1 aliphatic heterocycles. The van der Waals surface area contributed by atoms with Gasteiger partial charge in [0.05, 0.1) is 14.2 Å². The number of carbonyl (C=O) groups is 4. The van der Waals surface area contributed by atoms with Crippen LogP contribution >= 0.6 is 0 Å². The second-order valence-electron chi connectivity index (χ2n) is 11.5. The van der Waals surface area contributed by atoms with Gasteiger partial charge in [-0.3, -0.25) is 14.4 Å². The Morgan fingerprint density at radius 2 is 1.84 bits per heavy atom. The quantitative estimate of drug-likeness (QED) is 0.380. The number of aromatic amines is 1. The summed E-state index contributed by atoms with van der Waals surface area (Å²) >= 11 is 0. The van der Waals surface area contributed by atoms with Crippen molar-refractivity contribution in [2.75, 3.05) is 14.2 Å². The van der Waals surface area contributed by atoms with Crippen molar-refractivity contribution in [3.05, 3.63) is 30.0 Å². The van der Waals surface area contributed by atoms with Crippen molar-refractivity contribution in [1.82, 2.24) is 20.9 Å². The van der Waals surface area contributed by atoms with Crippen LogP contribution < -0.4 is 20.7 Å². The number of carbonyl (C=O) groups excluding carboxylic acids is 4. The maximum atomic E-state index is 13.4. The fraction of sp³-hybridized carbons (Fsp3) is 0.556. The monoisotopic (exact) mass is 514 g/mol. The number of esters is 1. The third-order valence-corrected chi connectivity index (χ3v) is 6.44. The average molecular weight is 515 g/mol. The smallest absolute Gasteiger partial charge is 0.328 e. The highest BCUT2D eigenvalue weighted by Gasteiger charge is 2.40. The Labute approximate surface area is 217 Å². The molecule has 3 atom stereocenters. The first-order chi connectivity index (χ1) is 17.2. The van der Waals surface area contributed by atoms with E-state index in [4.69, 9.17) is 9.47 Å². The summed E-state index contributed by atoms with van der Waals surface area (Å²) < 4.78 is 10.3. The van der Waals surface area contributed by atoms with E-state index in [1.165, 1.54) is 7.11 Å². The molecule has 0 aliphatic carbocycles. The molecule has 1 fully saturated rings. The summed E-state index contributed by atoms with van der Waals surface area (Å²) in [5, 5.41) is 9.19. The molecule has 2 heterocycles. The molecule has 2 aromatic rings. The fourth-order valence-electron chi connectivity index (χ4n) is 4.78. The van der Waals surface area contributed by atoms with Crippen LogP contribution in [0.1, 0.15) is 64.4 Å². The number of hydrogen-bond acceptors (Lipinski definition) is 6. The first-order valence-corrected chi connectivity index (χ1v) is 12.4. The van der Waals surface area contributed by atoms with Gasteiger partial charge in [-0.2, -0.15) is 0 Å². The fourth-order valence-corrected chi connectivity index (χ4v) is 4.78. The van der Waals surface area contributed by atoms with Crippen LogP contribution in [0.2, 0.25) is 0 Å². The Hall–Kier alpha value is -3.56. The van der Waals surface area contributed by atoms with Gasteiger partial charge in [0.15, 0.2) is 0 Å². The number of hydrogen-bond donors (Lipinski definition) is 4. The molecule has 37 heavy (non-hydrogen) atoms. The number of methoxy groups -OCH3 is 2. The highest BCUT2D eigenvalue weighted by molar-refractivity contribution is 6.01. The van der Waals surface area contributed by atoms with Crippen molar-refractivity contribution in [2.45, 2.75) is 71.5 Å². The van der Waals surface area contributed by atoms with E-state index in [0.29, 0.717) is 18.6 Å². The highest BCUT2D eigenvalue weighted by atomic mass is 16.5. The Morgan fingerprint density at radius 1 is 1.14 bits per heavy atom. The van der Waals surface area contributed by atoms with Gasteiger partial charge < -0.3 is 30.4 Å². The second-order valence-corrected chi connectivity index (χ2v) is 11.5. The summed E-state index contributed by atoms with van der Waals surface area (Å²) in [6.45, 7) is 9.68. The maximum absolute atomic E-state index is 13.4. The van der Waals surface area contributed by atoms with Gasteiger partial charge in [-0.15, -0.1) is 0 Å². The SMILES string of the molecule is COC(=O)C(CC1CC(C)(C)NC1=O)NC(=O)C(CC(C)(C)C)NC(=O)c1cc2c(OC)cccc2[nH]1. The van der Waals surface area contributed by atoms with E-state index in [9.17, 15) is 19.2 Å². The molecule has 3 rings (SSSR count). The van der Waals surface area contributed by atoms with Gasteiger partial charge in [-0.05, 0) is 56.7 Å². The minimum Gasteiger partial charge on any atom is -0.496 e. The van der Waals surface area contributed by atoms with Gasteiger partial charge in [-0.25, -0.2) is 4.79 Å². The first-order valence-electron chi connectivity index (χ1n) is 12.4. The lowest BCUT2D eigenvalue weighted by molar-refractivity contribution is -0.146. The Bertz CT molecular complexity index is 1180. The lowest BCUT2D eigenvalue weighted by Crippen LogP contribution is -2.53. The van der Waals surface area contributed by atoms with E-state index in [1.54, 1.807) is 19.2 Å². The van der Waals surface area contributed by atoms with Crippen LogP contribution in [0.4, 0.5) is 0 Å². The van der Waals surface area contributed by atoms with Gasteiger partial charge >= 0.3 is 5.97 Å². The number of fused-ring (bicyclic) bond motifs is 1. The number of rotatable bonds is 9. The Morgan fingerprint density at radius 3 is 2.41 bits per heavy atom. The second kappa shape index (κ2) is 10.8. The third-order valence-electron chi connectivity index (χ3n) is 6.44. The summed E-state index contributed by atoms with van der Waals surface area (Å²) in [5.74, 6) is -1.62. The summed E-state index contributed by atoms with van der Waals surface area (Å²) in [6, 6.07) is 5.16. The summed E-state index contributed by atoms with van der Waals surface area (Å²) in [5.41, 5.74) is 0.303. The molecular formula is C27H38N4O6. The van der Waals surface area contributed by atoms with Crippen LogP contribution in [0, 0.1) is 11.3 Å². The van der Waals surface area contributed by atoms with E-state index in [-0.39, 0.29) is 23.4 Å². The molecule has 3 unspecified atom stereocenters. The van der Waals surface area contributed by atoms with Crippen molar-refractivity contribution in [1.29, 1.82) is 0 Å². The zero-order chi connectivity index (χ0) is 27.5. The van der Waals surface area contributed by atoms with Crippen molar-refractivity contribution < 1.29 is 28.7 Å². The zero-order valence-electron chi connectivity index (χ0n) is 22.6. The summed E-state index contributed by atoms with van der Waals surface area (Å²) in [7, 11) is 2.79. The molecule has 0 saturated carbocycles. The summed E-state index contributed by atoms with van der Waals surface area (Å²) in [6.07, 6.45) is 0.950. The van der Waals surface area contributed by atoms with Crippen molar-refractivity contribution in [2.24, 2.45) is 11.3 Å². The van der Waals surface area contributed by atoms with Crippen LogP contribution in [-0.4, -0.2) is 60.5 Å². The van der Waals surface area contributed by atoms with Crippen LogP contribution in [0.15, 0.2) is 24.3 Å². The van der Waals surface area contributed by atoms with Crippen molar-refractivity contribution in [3.8, 4) is 5.75 Å². The molecule has 202 valence electrons. The van der Waals surface area contributed by atoms with Gasteiger partial charge in [0.25, 0.3) is 5.91 Å². The Balaban J connectivity index is 1.80. The van der Waals surface area contributed by atoms with E-state index in [0.717, 1.165) is 10.9 Å². The maximum Gasteiger partial charge on any atom is 0.328 e. The van der Waals surface area contributed by atoms with Gasteiger partial charge in [0.2, 0.25) is 11.8 Å². The number of benzene rings is 1. The lowest BCUT2D eigenvalue weighted by Gasteiger charge is -2.28. The molecule has 0 radical (unpaired) electrons. The molecule has 1 aromatic heterocycles. The number of aromatic nitrogens is 1. The molecule has 3 amide bonds. The van der Waals surface area contributed by atoms with E-state index >= 15 is 0 Å². The van der Waals surface area contributed by atoms with E-state index in [1.807, 2.05) is 46.8 Å². The number of ether oxygens (including phenoxy) is 2. The number of nitrogens with one attached hydrogen (secondary N) is 4. The largest absolute Gasteiger partial charge is 0.496 e. The molecule has 10 heteroatoms. The zero-order valence-corrected chi connectivity index (χ0v) is 22.6. The lowest BCUT2D eigenvalue weighted by atomic mass is 9.87. The topological polar surface area (TPSA) is 139 Å². The van der Waals surface area contributed by atoms with E-state index in [2.05, 4.69) is 20.9 Å². The molecule has 1 saturated heterocycles. The molecular weight excluding hydrogens is 476 g/mol. The first kappa shape index (κ1) is 28.0. The van der Waals surface area contributed by atoms with Gasteiger partial charge in [0, 0.05) is 22.4 Å². The van der Waals surface area contributed by atoms with Crippen molar-refractivity contribution in [3.63, 3.8) is 0 Å². The average Bonchev–Trinajstić information content (AvgIpc) is 3.36. The predicted molar refractivity (Wildman–Crippen MR) is 139 cm³/mol. The van der Waals surface area contributed by atoms with Crippen LogP contribution in [0.3, 0.4) is 0 Å². The van der Waals surface area contributed by atoms with Gasteiger partial charge in [-0.1, -0.05) is 26.8 Å². The minimum absolute atomic E-state index is 0.103. The van der Waals surface area contributed by atoms with Crippen molar-refractivity contribution >= 4 is 34.6 Å². The summed E-state index contributed by atoms with van der Waals surface area (Å²) in [4.78, 5) is 54.6. The molecule has 1 aliphatic rings. The van der Waals surface area contributed by atoms with Gasteiger partial charge in [0.1, 0.15) is 23.5 Å². The third kappa shape index (κ3) is 7.02. The molecule has 0 bridgehead atoms. The molecule has 1 aromatic carbocycles. The standard InChI is InChI=1S/C27H38N4O6/c1-26(2,3)14-20(30-23(33)18-12-16-17(28-18)9-8-10-21(16)36-6)24(34)29-19(25(35)37-7)11-15-13-27(4,5)31-22(15)32/h8-10,12,15,19-20,28H,11,13-14H2,1-7H3,(H,29,34)(H,30,33)(H,31,32). The number of amides is 3. The molecule has 0 spiro atoms. The molecule has 10 nitrogen and oxygen atoms in total. The molecule has 4 N–H and O–H groups in total. The highest BCUT2D eigenvalue weighted by Crippen LogP contribution is 2.29. The van der Waals surface area contributed by atoms with E-state index < -0.39 is 41.3 Å². The number of H-pyrrole nitrogens is 1. The van der Waals surface area contributed by atoms with Crippen LogP contribution in [0.25, 0.3) is 10.9 Å². The van der Waals surface area contributed by atoms with Crippen LogP contribution in [-0.2, 0) is 19.1 Å². The van der Waals surface area contributed by atoms with Crippen LogP contribution in [0.5, 0.6) is 5.75 Å². The predicted octanol–water partition coefficient (Wildman–Crippen LogP) is 2.67. The minimum atomic E-state index is -1.03. The normalized spacial score (nSPS) is 18.6. The Kier molecular flexibility index (Phi) is 8.19.